The SMILES string of the molecule is c1ccc(N(c2ccc3c(c2)sc2ccccc23)c2cc3c(cc2-c2ccc4oc5ccccc5c4c2)-c2ccccc2C32c3ccccc3-c3ccccc32)cc1. The molecule has 13 rings (SSSR count). The molecule has 0 amide bonds. The van der Waals surface area contributed by atoms with E-state index >= 15 is 0 Å². The zero-order valence-corrected chi connectivity index (χ0v) is 32.1. The zero-order chi connectivity index (χ0) is 38.0. The summed E-state index contributed by atoms with van der Waals surface area (Å²) in [6.07, 6.45) is 0. The molecule has 0 radical (unpaired) electrons. The van der Waals surface area contributed by atoms with E-state index in [1.54, 1.807) is 0 Å². The van der Waals surface area contributed by atoms with E-state index in [2.05, 4.69) is 199 Å². The van der Waals surface area contributed by atoms with Crippen LogP contribution in [0.3, 0.4) is 0 Å². The predicted octanol–water partition coefficient (Wildman–Crippen LogP) is 15.4. The molecule has 9 aromatic carbocycles. The van der Waals surface area contributed by atoms with Crippen LogP contribution in [-0.2, 0) is 5.41 Å². The van der Waals surface area contributed by atoms with Crippen molar-refractivity contribution in [1.82, 2.24) is 0 Å². The average Bonchev–Trinajstić information content (AvgIpc) is 4.01. The second-order valence-electron chi connectivity index (χ2n) is 15.6. The number of para-hydroxylation sites is 2. The van der Waals surface area contributed by atoms with Gasteiger partial charge >= 0.3 is 0 Å². The highest BCUT2D eigenvalue weighted by Gasteiger charge is 2.52. The molecular formula is C55H33NOS. The lowest BCUT2D eigenvalue weighted by molar-refractivity contribution is 0.669. The molecule has 2 nitrogen and oxygen atoms in total. The lowest BCUT2D eigenvalue weighted by Crippen LogP contribution is -2.26. The van der Waals surface area contributed by atoms with Crippen molar-refractivity contribution in [3.8, 4) is 33.4 Å². The lowest BCUT2D eigenvalue weighted by Gasteiger charge is -2.33. The van der Waals surface area contributed by atoms with Gasteiger partial charge in [0.05, 0.1) is 11.1 Å². The largest absolute Gasteiger partial charge is 0.456 e. The van der Waals surface area contributed by atoms with Crippen LogP contribution in [0.4, 0.5) is 17.1 Å². The van der Waals surface area contributed by atoms with Crippen molar-refractivity contribution in [2.45, 2.75) is 5.41 Å². The Morgan fingerprint density at radius 1 is 0.362 bits per heavy atom. The van der Waals surface area contributed by atoms with Crippen LogP contribution in [0.1, 0.15) is 22.3 Å². The molecular weight excluding hydrogens is 723 g/mol. The van der Waals surface area contributed by atoms with Crippen molar-refractivity contribution >= 4 is 70.5 Å². The Morgan fingerprint density at radius 2 is 0.966 bits per heavy atom. The Balaban J connectivity index is 1.16. The van der Waals surface area contributed by atoms with Crippen molar-refractivity contribution in [2.75, 3.05) is 4.90 Å². The lowest BCUT2D eigenvalue weighted by atomic mass is 9.70. The Morgan fingerprint density at radius 3 is 1.72 bits per heavy atom. The Labute approximate surface area is 339 Å². The first kappa shape index (κ1) is 31.9. The van der Waals surface area contributed by atoms with E-state index in [9.17, 15) is 0 Å². The van der Waals surface area contributed by atoms with Crippen LogP contribution >= 0.6 is 11.3 Å². The molecule has 58 heavy (non-hydrogen) atoms. The minimum atomic E-state index is -0.477. The van der Waals surface area contributed by atoms with Crippen molar-refractivity contribution in [3.05, 3.63) is 222 Å². The van der Waals surface area contributed by atoms with Gasteiger partial charge in [-0.3, -0.25) is 0 Å². The zero-order valence-electron chi connectivity index (χ0n) is 31.3. The summed E-state index contributed by atoms with van der Waals surface area (Å²) in [6.45, 7) is 0. The second kappa shape index (κ2) is 11.9. The highest BCUT2D eigenvalue weighted by atomic mass is 32.1. The number of anilines is 3. The van der Waals surface area contributed by atoms with Gasteiger partial charge in [0.15, 0.2) is 0 Å². The Kier molecular flexibility index (Phi) is 6.56. The highest BCUT2D eigenvalue weighted by Crippen LogP contribution is 2.64. The van der Waals surface area contributed by atoms with E-state index in [0.717, 1.165) is 50.1 Å². The van der Waals surface area contributed by atoms with Gasteiger partial charge < -0.3 is 9.32 Å². The van der Waals surface area contributed by atoms with Crippen molar-refractivity contribution in [3.63, 3.8) is 0 Å². The number of hydrogen-bond acceptors (Lipinski definition) is 3. The van der Waals surface area contributed by atoms with Gasteiger partial charge in [-0.2, -0.15) is 0 Å². The molecule has 3 heteroatoms. The number of rotatable bonds is 4. The molecule has 0 bridgehead atoms. The van der Waals surface area contributed by atoms with E-state index in [4.69, 9.17) is 4.42 Å². The summed E-state index contributed by atoms with van der Waals surface area (Å²) in [4.78, 5) is 2.49. The van der Waals surface area contributed by atoms with Gasteiger partial charge in [0.2, 0.25) is 0 Å². The van der Waals surface area contributed by atoms with Crippen molar-refractivity contribution in [1.29, 1.82) is 0 Å². The summed E-state index contributed by atoms with van der Waals surface area (Å²) in [7, 11) is 0. The van der Waals surface area contributed by atoms with Gasteiger partial charge in [-0.15, -0.1) is 11.3 Å². The summed E-state index contributed by atoms with van der Waals surface area (Å²) in [5.41, 5.74) is 17.5. The third-order valence-electron chi connectivity index (χ3n) is 12.7. The topological polar surface area (TPSA) is 16.4 Å². The molecule has 2 aromatic heterocycles. The normalized spacial score (nSPS) is 13.3. The molecule has 0 saturated heterocycles. The third-order valence-corrected chi connectivity index (χ3v) is 13.8. The minimum absolute atomic E-state index is 0.477. The molecule has 2 aliphatic carbocycles. The number of benzene rings is 9. The summed E-state index contributed by atoms with van der Waals surface area (Å²) in [5.74, 6) is 0. The summed E-state index contributed by atoms with van der Waals surface area (Å²) >= 11 is 1.86. The maximum atomic E-state index is 6.37. The van der Waals surface area contributed by atoms with Gasteiger partial charge in [-0.05, 0) is 111 Å². The van der Waals surface area contributed by atoms with E-state index in [-0.39, 0.29) is 0 Å². The molecule has 0 N–H and O–H groups in total. The molecule has 11 aromatic rings. The van der Waals surface area contributed by atoms with E-state index in [1.807, 2.05) is 17.4 Å². The van der Waals surface area contributed by atoms with E-state index in [0.29, 0.717) is 0 Å². The monoisotopic (exact) mass is 755 g/mol. The first-order chi connectivity index (χ1) is 28.8. The van der Waals surface area contributed by atoms with Crippen molar-refractivity contribution < 1.29 is 4.42 Å². The van der Waals surface area contributed by atoms with Gasteiger partial charge in [-0.1, -0.05) is 140 Å². The van der Waals surface area contributed by atoms with Crippen LogP contribution in [0, 0.1) is 0 Å². The Hall–Kier alpha value is -7.20. The second-order valence-corrected chi connectivity index (χ2v) is 16.6. The van der Waals surface area contributed by atoms with E-state index in [1.165, 1.54) is 64.7 Å². The van der Waals surface area contributed by atoms with Crippen LogP contribution in [-0.4, -0.2) is 0 Å². The number of furan rings is 1. The van der Waals surface area contributed by atoms with Crippen LogP contribution in [0.2, 0.25) is 0 Å². The maximum Gasteiger partial charge on any atom is 0.135 e. The van der Waals surface area contributed by atoms with Gasteiger partial charge in [0.1, 0.15) is 11.2 Å². The molecule has 2 heterocycles. The first-order valence-corrected chi connectivity index (χ1v) is 20.7. The standard InChI is InChI=1S/C55H33NOS/c1-2-14-35(15-3-1)56(36-27-28-42-41-20-8-13-25-53(41)58-54(42)31-36)50-33-49-44(32-43(50)34-26-29-52-45(30-34)40-19-7-12-24-51(40)57-52)39-18-6-11-23-48(39)55(49)46-21-9-4-16-37(46)38-17-5-10-22-47(38)55/h1-33H. The van der Waals surface area contributed by atoms with Gasteiger partial charge in [-0.25, -0.2) is 0 Å². The van der Waals surface area contributed by atoms with Gasteiger partial charge in [0, 0.05) is 47.9 Å². The van der Waals surface area contributed by atoms with Crippen molar-refractivity contribution in [2.24, 2.45) is 0 Å². The smallest absolute Gasteiger partial charge is 0.135 e. The molecule has 1 spiro atoms. The predicted molar refractivity (Wildman–Crippen MR) is 243 cm³/mol. The molecule has 0 atom stereocenters. The van der Waals surface area contributed by atoms with Crippen LogP contribution in [0.5, 0.6) is 0 Å². The number of thiophene rings is 1. The molecule has 0 aliphatic heterocycles. The number of nitrogens with zero attached hydrogens (tertiary/aromatic N) is 1. The molecule has 0 saturated carbocycles. The van der Waals surface area contributed by atoms with E-state index < -0.39 is 5.41 Å². The Bertz CT molecular complexity index is 3430. The van der Waals surface area contributed by atoms with Crippen LogP contribution in [0.15, 0.2) is 205 Å². The summed E-state index contributed by atoms with van der Waals surface area (Å²) in [5, 5.41) is 4.84. The molecule has 0 unspecified atom stereocenters. The number of hydrogen-bond donors (Lipinski definition) is 0. The summed E-state index contributed by atoms with van der Waals surface area (Å²) in [6, 6.07) is 74.0. The number of fused-ring (bicyclic) bond motifs is 16. The summed E-state index contributed by atoms with van der Waals surface area (Å²) < 4.78 is 8.94. The van der Waals surface area contributed by atoms with Crippen LogP contribution < -0.4 is 4.90 Å². The molecule has 0 fully saturated rings. The maximum absolute atomic E-state index is 6.37. The average molecular weight is 756 g/mol. The fourth-order valence-electron chi connectivity index (χ4n) is 10.3. The quantitative estimate of drug-likeness (QED) is 0.178. The first-order valence-electron chi connectivity index (χ1n) is 19.9. The fraction of sp³-hybridized carbons (Fsp3) is 0.0182. The molecule has 2 aliphatic rings. The fourth-order valence-corrected chi connectivity index (χ4v) is 11.4. The third kappa shape index (κ3) is 4.26. The molecule has 270 valence electrons. The van der Waals surface area contributed by atoms with Crippen LogP contribution in [0.25, 0.3) is 75.5 Å². The highest BCUT2D eigenvalue weighted by molar-refractivity contribution is 7.25. The minimum Gasteiger partial charge on any atom is -0.456 e. The van der Waals surface area contributed by atoms with Gasteiger partial charge in [0.25, 0.3) is 0 Å².